The van der Waals surface area contributed by atoms with Gasteiger partial charge in [0.1, 0.15) is 0 Å². The van der Waals surface area contributed by atoms with Crippen LogP contribution in [-0.2, 0) is 0 Å². The summed E-state index contributed by atoms with van der Waals surface area (Å²) in [4.78, 5) is 6.90. The van der Waals surface area contributed by atoms with Gasteiger partial charge in [-0.15, -0.1) is 24.0 Å². The van der Waals surface area contributed by atoms with Crippen LogP contribution in [0.4, 0.5) is 11.4 Å². The number of nitrogens with one attached hydrogen (secondary N) is 1. The molecule has 0 aliphatic carbocycles. The van der Waals surface area contributed by atoms with Gasteiger partial charge < -0.3 is 16.0 Å². The standard InChI is InChI=1S/C18H21BrN4.HI/c19-15-6-8-17(9-7-15)23-11-10-14(13-23)12-21-18(20)22-16-4-2-1-3-5-16;/h1-9,14H,10-13H2,(H3,20,21,22);1H. The Labute approximate surface area is 168 Å². The number of aliphatic imine (C=N–C) groups is 1. The molecule has 0 bridgehead atoms. The van der Waals surface area contributed by atoms with E-state index in [0.29, 0.717) is 11.9 Å². The molecule has 3 N–H and O–H groups in total. The molecule has 1 heterocycles. The minimum absolute atomic E-state index is 0. The van der Waals surface area contributed by atoms with Gasteiger partial charge in [0.25, 0.3) is 0 Å². The molecule has 4 nitrogen and oxygen atoms in total. The molecule has 0 aromatic heterocycles. The third-order valence-electron chi connectivity index (χ3n) is 4.04. The number of hydrogen-bond acceptors (Lipinski definition) is 2. The zero-order valence-electron chi connectivity index (χ0n) is 13.4. The number of nitrogens with zero attached hydrogens (tertiary/aromatic N) is 2. The average molecular weight is 501 g/mol. The van der Waals surface area contributed by atoms with Crippen molar-refractivity contribution >= 4 is 57.2 Å². The molecule has 2 aromatic carbocycles. The Bertz CT molecular complexity index is 660. The predicted molar refractivity (Wildman–Crippen MR) is 116 cm³/mol. The van der Waals surface area contributed by atoms with Crippen molar-refractivity contribution in [1.82, 2.24) is 0 Å². The van der Waals surface area contributed by atoms with Crippen molar-refractivity contribution in [3.8, 4) is 0 Å². The summed E-state index contributed by atoms with van der Waals surface area (Å²) in [7, 11) is 0. The van der Waals surface area contributed by atoms with Crippen LogP contribution < -0.4 is 16.0 Å². The fourth-order valence-electron chi connectivity index (χ4n) is 2.80. The maximum Gasteiger partial charge on any atom is 0.193 e. The van der Waals surface area contributed by atoms with Crippen LogP contribution >= 0.6 is 39.9 Å². The van der Waals surface area contributed by atoms with Gasteiger partial charge in [-0.3, -0.25) is 4.99 Å². The summed E-state index contributed by atoms with van der Waals surface area (Å²) in [6.07, 6.45) is 1.15. The molecule has 1 saturated heterocycles. The van der Waals surface area contributed by atoms with Crippen molar-refractivity contribution < 1.29 is 0 Å². The smallest absolute Gasteiger partial charge is 0.193 e. The van der Waals surface area contributed by atoms with Gasteiger partial charge in [-0.2, -0.15) is 0 Å². The average Bonchev–Trinajstić information content (AvgIpc) is 3.04. The molecule has 128 valence electrons. The fourth-order valence-corrected chi connectivity index (χ4v) is 3.07. The van der Waals surface area contributed by atoms with E-state index in [4.69, 9.17) is 5.73 Å². The Morgan fingerprint density at radius 3 is 2.58 bits per heavy atom. The third kappa shape index (κ3) is 5.37. The van der Waals surface area contributed by atoms with Crippen LogP contribution in [0, 0.1) is 5.92 Å². The lowest BCUT2D eigenvalue weighted by atomic mass is 10.1. The molecule has 1 unspecified atom stereocenters. The number of guanidine groups is 1. The van der Waals surface area contributed by atoms with Crippen molar-refractivity contribution in [2.45, 2.75) is 6.42 Å². The highest BCUT2D eigenvalue weighted by molar-refractivity contribution is 14.0. The Balaban J connectivity index is 0.00000208. The number of nitrogens with two attached hydrogens (primary N) is 1. The molecule has 24 heavy (non-hydrogen) atoms. The van der Waals surface area contributed by atoms with Crippen molar-refractivity contribution in [2.24, 2.45) is 16.6 Å². The molecule has 0 saturated carbocycles. The van der Waals surface area contributed by atoms with Crippen LogP contribution in [0.3, 0.4) is 0 Å². The maximum atomic E-state index is 5.97. The lowest BCUT2D eigenvalue weighted by Crippen LogP contribution is -2.24. The van der Waals surface area contributed by atoms with Crippen LogP contribution in [0.1, 0.15) is 6.42 Å². The second-order valence-corrected chi connectivity index (χ2v) is 6.71. The fraction of sp³-hybridized carbons (Fsp3) is 0.278. The van der Waals surface area contributed by atoms with Gasteiger partial charge in [-0.25, -0.2) is 0 Å². The molecule has 6 heteroatoms. The van der Waals surface area contributed by atoms with E-state index in [2.05, 4.69) is 55.4 Å². The second-order valence-electron chi connectivity index (χ2n) is 5.79. The second kappa shape index (κ2) is 9.27. The largest absolute Gasteiger partial charge is 0.371 e. The van der Waals surface area contributed by atoms with Crippen molar-refractivity contribution in [3.63, 3.8) is 0 Å². The molecular weight excluding hydrogens is 479 g/mol. The quantitative estimate of drug-likeness (QED) is 0.373. The van der Waals surface area contributed by atoms with Crippen molar-refractivity contribution in [3.05, 3.63) is 59.1 Å². The van der Waals surface area contributed by atoms with Crippen LogP contribution in [0.2, 0.25) is 0 Å². The van der Waals surface area contributed by atoms with Gasteiger partial charge >= 0.3 is 0 Å². The van der Waals surface area contributed by atoms with E-state index >= 15 is 0 Å². The SMILES string of the molecule is I.NC(=NCC1CCN(c2ccc(Br)cc2)C1)Nc1ccccc1. The number of halogens is 2. The van der Waals surface area contributed by atoms with Gasteiger partial charge in [-0.1, -0.05) is 34.1 Å². The molecule has 1 aliphatic heterocycles. The minimum atomic E-state index is 0. The summed E-state index contributed by atoms with van der Waals surface area (Å²) in [5.41, 5.74) is 8.21. The molecule has 1 atom stereocenters. The van der Waals surface area contributed by atoms with E-state index in [-0.39, 0.29) is 24.0 Å². The molecule has 1 fully saturated rings. The Morgan fingerprint density at radius 2 is 1.88 bits per heavy atom. The number of hydrogen-bond donors (Lipinski definition) is 2. The van der Waals surface area contributed by atoms with E-state index in [1.54, 1.807) is 0 Å². The number of benzene rings is 2. The summed E-state index contributed by atoms with van der Waals surface area (Å²) in [6, 6.07) is 18.4. The van der Waals surface area contributed by atoms with E-state index in [1.807, 2.05) is 30.3 Å². The predicted octanol–water partition coefficient (Wildman–Crippen LogP) is 4.32. The van der Waals surface area contributed by atoms with Crippen LogP contribution in [0.5, 0.6) is 0 Å². The number of para-hydroxylation sites is 1. The monoisotopic (exact) mass is 500 g/mol. The Kier molecular flexibility index (Phi) is 7.36. The zero-order chi connectivity index (χ0) is 16.1. The first-order valence-electron chi connectivity index (χ1n) is 7.83. The highest BCUT2D eigenvalue weighted by atomic mass is 127. The molecule has 0 radical (unpaired) electrons. The van der Waals surface area contributed by atoms with Gasteiger partial charge in [0, 0.05) is 35.5 Å². The lowest BCUT2D eigenvalue weighted by Gasteiger charge is -2.18. The zero-order valence-corrected chi connectivity index (χ0v) is 17.3. The third-order valence-corrected chi connectivity index (χ3v) is 4.57. The lowest BCUT2D eigenvalue weighted by molar-refractivity contribution is 0.603. The Morgan fingerprint density at radius 1 is 1.17 bits per heavy atom. The molecule has 1 aliphatic rings. The first kappa shape index (κ1) is 19.1. The van der Waals surface area contributed by atoms with E-state index in [9.17, 15) is 0 Å². The van der Waals surface area contributed by atoms with Crippen LogP contribution in [0.25, 0.3) is 0 Å². The summed E-state index contributed by atoms with van der Waals surface area (Å²) >= 11 is 3.48. The minimum Gasteiger partial charge on any atom is -0.371 e. The van der Waals surface area contributed by atoms with Gasteiger partial charge in [-0.05, 0) is 48.7 Å². The summed E-state index contributed by atoms with van der Waals surface area (Å²) in [6.45, 7) is 2.87. The summed E-state index contributed by atoms with van der Waals surface area (Å²) in [5, 5.41) is 3.12. The Hall–Kier alpha value is -1.28. The normalized spacial score (nSPS) is 17.5. The highest BCUT2D eigenvalue weighted by Crippen LogP contribution is 2.25. The summed E-state index contributed by atoms with van der Waals surface area (Å²) < 4.78 is 1.11. The van der Waals surface area contributed by atoms with Gasteiger partial charge in [0.2, 0.25) is 0 Å². The van der Waals surface area contributed by atoms with E-state index < -0.39 is 0 Å². The molecule has 3 rings (SSSR count). The topological polar surface area (TPSA) is 53.6 Å². The molecule has 0 amide bonds. The molecule has 0 spiro atoms. The molecule has 2 aromatic rings. The van der Waals surface area contributed by atoms with Gasteiger partial charge in [0.15, 0.2) is 5.96 Å². The highest BCUT2D eigenvalue weighted by Gasteiger charge is 2.22. The maximum absolute atomic E-state index is 5.97. The first-order valence-corrected chi connectivity index (χ1v) is 8.62. The number of rotatable bonds is 4. The van der Waals surface area contributed by atoms with Crippen molar-refractivity contribution in [2.75, 3.05) is 29.9 Å². The van der Waals surface area contributed by atoms with Crippen molar-refractivity contribution in [1.29, 1.82) is 0 Å². The van der Waals surface area contributed by atoms with Crippen LogP contribution in [0.15, 0.2) is 64.1 Å². The first-order chi connectivity index (χ1) is 11.2. The van der Waals surface area contributed by atoms with E-state index in [1.165, 1.54) is 5.69 Å². The van der Waals surface area contributed by atoms with E-state index in [0.717, 1.165) is 36.2 Å². The molecular formula is C18H22BrIN4. The summed E-state index contributed by atoms with van der Waals surface area (Å²) in [5.74, 6) is 1.04. The van der Waals surface area contributed by atoms with Crippen LogP contribution in [-0.4, -0.2) is 25.6 Å². The van der Waals surface area contributed by atoms with Gasteiger partial charge in [0.05, 0.1) is 0 Å². The number of anilines is 2.